The molecule has 15 heavy (non-hydrogen) atoms. The second kappa shape index (κ2) is 4.13. The summed E-state index contributed by atoms with van der Waals surface area (Å²) < 4.78 is 0. The van der Waals surface area contributed by atoms with Gasteiger partial charge in [0.2, 0.25) is 0 Å². The third-order valence-corrected chi connectivity index (χ3v) is 1.38. The number of carbonyl (C=O) groups is 3. The Morgan fingerprint density at radius 3 is 2.47 bits per heavy atom. The van der Waals surface area contributed by atoms with Crippen LogP contribution in [0.1, 0.15) is 10.4 Å². The summed E-state index contributed by atoms with van der Waals surface area (Å²) in [4.78, 5) is 31.5. The van der Waals surface area contributed by atoms with Crippen LogP contribution < -0.4 is 5.32 Å². The van der Waals surface area contributed by atoms with Crippen molar-refractivity contribution in [2.24, 2.45) is 0 Å². The van der Waals surface area contributed by atoms with E-state index in [0.717, 1.165) is 12.3 Å². The van der Waals surface area contributed by atoms with Gasteiger partial charge in [-0.3, -0.25) is 10.1 Å². The van der Waals surface area contributed by atoms with Crippen molar-refractivity contribution in [3.05, 3.63) is 17.8 Å². The summed E-state index contributed by atoms with van der Waals surface area (Å²) in [5.41, 5.74) is -0.334. The zero-order chi connectivity index (χ0) is 11.4. The van der Waals surface area contributed by atoms with Crippen LogP contribution in [0.4, 0.5) is 5.82 Å². The average molecular weight is 211 g/mol. The van der Waals surface area contributed by atoms with Crippen molar-refractivity contribution >= 4 is 23.7 Å². The lowest BCUT2D eigenvalue weighted by molar-refractivity contribution is -0.147. The molecule has 0 fully saturated rings. The van der Waals surface area contributed by atoms with Gasteiger partial charge in [0.15, 0.2) is 5.82 Å². The van der Waals surface area contributed by atoms with Gasteiger partial charge in [-0.2, -0.15) is 5.10 Å². The molecule has 0 saturated carbocycles. The molecule has 0 atom stereocenters. The molecule has 0 unspecified atom stereocenters. The number of carbonyl (C=O) groups excluding carboxylic acids is 1. The van der Waals surface area contributed by atoms with E-state index in [2.05, 4.69) is 10.2 Å². The maximum absolute atomic E-state index is 10.7. The molecule has 0 spiro atoms. The van der Waals surface area contributed by atoms with Crippen LogP contribution in [-0.4, -0.2) is 38.3 Å². The number of amides is 1. The standard InChI is InChI=1S/C7H5N3O5/c11-5(7(14)15)9-4-3(6(12)13)1-2-8-10-4/h1-2H,(H,12,13)(H,14,15)(H,9,10,11). The van der Waals surface area contributed by atoms with Gasteiger partial charge in [0.25, 0.3) is 0 Å². The van der Waals surface area contributed by atoms with Gasteiger partial charge in [-0.25, -0.2) is 9.59 Å². The van der Waals surface area contributed by atoms with Gasteiger partial charge in [-0.15, -0.1) is 5.10 Å². The van der Waals surface area contributed by atoms with Crippen molar-refractivity contribution < 1.29 is 24.6 Å². The SMILES string of the molecule is O=C(O)C(=O)Nc1nnccc1C(=O)O. The summed E-state index contributed by atoms with van der Waals surface area (Å²) in [6.07, 6.45) is 1.11. The molecule has 8 heteroatoms. The number of carboxylic acids is 2. The Balaban J connectivity index is 2.99. The Morgan fingerprint density at radius 2 is 1.93 bits per heavy atom. The monoisotopic (exact) mass is 211 g/mol. The molecule has 0 radical (unpaired) electrons. The summed E-state index contributed by atoms with van der Waals surface area (Å²) in [6.45, 7) is 0. The Bertz CT molecular complexity index is 430. The first kappa shape index (κ1) is 10.6. The third kappa shape index (κ3) is 2.46. The Hall–Kier alpha value is -2.51. The molecule has 1 amide bonds. The van der Waals surface area contributed by atoms with Gasteiger partial charge in [-0.05, 0) is 6.07 Å². The number of nitrogens with zero attached hydrogens (tertiary/aromatic N) is 2. The third-order valence-electron chi connectivity index (χ3n) is 1.38. The number of aliphatic carboxylic acids is 1. The molecule has 1 aromatic rings. The van der Waals surface area contributed by atoms with E-state index in [0.29, 0.717) is 0 Å². The summed E-state index contributed by atoms with van der Waals surface area (Å²) >= 11 is 0. The predicted molar refractivity (Wildman–Crippen MR) is 45.3 cm³/mol. The van der Waals surface area contributed by atoms with Crippen LogP contribution in [-0.2, 0) is 9.59 Å². The van der Waals surface area contributed by atoms with Gasteiger partial charge in [0.05, 0.1) is 6.20 Å². The number of nitrogens with one attached hydrogen (secondary N) is 1. The van der Waals surface area contributed by atoms with E-state index in [4.69, 9.17) is 10.2 Å². The van der Waals surface area contributed by atoms with E-state index in [-0.39, 0.29) is 5.56 Å². The minimum Gasteiger partial charge on any atom is -0.478 e. The normalized spacial score (nSPS) is 9.33. The highest BCUT2D eigenvalue weighted by Crippen LogP contribution is 2.09. The van der Waals surface area contributed by atoms with Crippen LogP contribution in [0.5, 0.6) is 0 Å². The first-order chi connectivity index (χ1) is 7.02. The van der Waals surface area contributed by atoms with Crippen molar-refractivity contribution in [2.75, 3.05) is 5.32 Å². The number of anilines is 1. The lowest BCUT2D eigenvalue weighted by Crippen LogP contribution is -2.24. The molecule has 8 nitrogen and oxygen atoms in total. The molecule has 3 N–H and O–H groups in total. The molecule has 0 aliphatic rings. The molecule has 78 valence electrons. The molecular weight excluding hydrogens is 206 g/mol. The molecule has 1 heterocycles. The number of carboxylic acid groups (broad SMARTS) is 2. The quantitative estimate of drug-likeness (QED) is 0.545. The average Bonchev–Trinajstić information content (AvgIpc) is 2.18. The largest absolute Gasteiger partial charge is 0.478 e. The van der Waals surface area contributed by atoms with E-state index in [1.54, 1.807) is 5.32 Å². The molecule has 1 rings (SSSR count). The topological polar surface area (TPSA) is 129 Å². The fraction of sp³-hybridized carbons (Fsp3) is 0. The second-order valence-corrected chi connectivity index (χ2v) is 2.36. The highest BCUT2D eigenvalue weighted by molar-refractivity contribution is 6.36. The van der Waals surface area contributed by atoms with Crippen LogP contribution in [0.25, 0.3) is 0 Å². The van der Waals surface area contributed by atoms with Crippen LogP contribution >= 0.6 is 0 Å². The van der Waals surface area contributed by atoms with Gasteiger partial charge < -0.3 is 10.2 Å². The van der Waals surface area contributed by atoms with Gasteiger partial charge in [0.1, 0.15) is 5.56 Å². The number of aromatic carboxylic acids is 1. The summed E-state index contributed by atoms with van der Waals surface area (Å²) in [5.74, 6) is -4.86. The van der Waals surface area contributed by atoms with Gasteiger partial charge in [0, 0.05) is 0 Å². The Labute approximate surface area is 82.6 Å². The smallest absolute Gasteiger partial charge is 0.394 e. The van der Waals surface area contributed by atoms with E-state index < -0.39 is 23.7 Å². The van der Waals surface area contributed by atoms with E-state index in [1.807, 2.05) is 0 Å². The Morgan fingerprint density at radius 1 is 1.27 bits per heavy atom. The van der Waals surface area contributed by atoms with E-state index in [9.17, 15) is 14.4 Å². The highest BCUT2D eigenvalue weighted by atomic mass is 16.4. The maximum Gasteiger partial charge on any atom is 0.394 e. The summed E-state index contributed by atoms with van der Waals surface area (Å²) in [7, 11) is 0. The number of aromatic nitrogens is 2. The van der Waals surface area contributed by atoms with Crippen molar-refractivity contribution in [1.82, 2.24) is 10.2 Å². The molecule has 0 bridgehead atoms. The minimum absolute atomic E-state index is 0.334. The van der Waals surface area contributed by atoms with Crippen molar-refractivity contribution in [2.45, 2.75) is 0 Å². The summed E-state index contributed by atoms with van der Waals surface area (Å²) in [6, 6.07) is 1.09. The predicted octanol–water partition coefficient (Wildman–Crippen LogP) is -0.802. The lowest BCUT2D eigenvalue weighted by Gasteiger charge is -2.02. The van der Waals surface area contributed by atoms with Crippen LogP contribution in [0.15, 0.2) is 12.3 Å². The molecule has 0 aliphatic heterocycles. The number of rotatable bonds is 2. The first-order valence-electron chi connectivity index (χ1n) is 3.61. The highest BCUT2D eigenvalue weighted by Gasteiger charge is 2.17. The zero-order valence-corrected chi connectivity index (χ0v) is 7.17. The fourth-order valence-electron chi connectivity index (χ4n) is 0.758. The van der Waals surface area contributed by atoms with Crippen LogP contribution in [0.3, 0.4) is 0 Å². The number of hydrogen-bond donors (Lipinski definition) is 3. The van der Waals surface area contributed by atoms with Crippen molar-refractivity contribution in [3.63, 3.8) is 0 Å². The fourth-order valence-corrected chi connectivity index (χ4v) is 0.758. The van der Waals surface area contributed by atoms with Crippen molar-refractivity contribution in [3.8, 4) is 0 Å². The molecule has 0 aromatic carbocycles. The molecule has 1 aromatic heterocycles. The number of hydrogen-bond acceptors (Lipinski definition) is 5. The minimum atomic E-state index is -1.74. The van der Waals surface area contributed by atoms with Crippen LogP contribution in [0, 0.1) is 0 Å². The molecular formula is C7H5N3O5. The van der Waals surface area contributed by atoms with E-state index >= 15 is 0 Å². The molecule has 0 saturated heterocycles. The molecule has 0 aliphatic carbocycles. The second-order valence-electron chi connectivity index (χ2n) is 2.36. The van der Waals surface area contributed by atoms with Crippen molar-refractivity contribution in [1.29, 1.82) is 0 Å². The Kier molecular flexibility index (Phi) is 2.91. The van der Waals surface area contributed by atoms with Crippen LogP contribution in [0.2, 0.25) is 0 Å². The van der Waals surface area contributed by atoms with E-state index in [1.165, 1.54) is 0 Å². The zero-order valence-electron chi connectivity index (χ0n) is 7.17. The first-order valence-corrected chi connectivity index (χ1v) is 3.61. The summed E-state index contributed by atoms with van der Waals surface area (Å²) in [5, 5.41) is 25.3. The lowest BCUT2D eigenvalue weighted by atomic mass is 10.3. The van der Waals surface area contributed by atoms with Gasteiger partial charge in [-0.1, -0.05) is 0 Å². The maximum atomic E-state index is 10.7. The van der Waals surface area contributed by atoms with Gasteiger partial charge >= 0.3 is 17.8 Å².